The lowest BCUT2D eigenvalue weighted by atomic mass is 10.2. The van der Waals surface area contributed by atoms with Crippen LogP contribution in [0.25, 0.3) is 0 Å². The zero-order valence-corrected chi connectivity index (χ0v) is 9.00. The van der Waals surface area contributed by atoms with Crippen LogP contribution in [0.15, 0.2) is 30.3 Å². The van der Waals surface area contributed by atoms with Crippen molar-refractivity contribution in [2.24, 2.45) is 0 Å². The van der Waals surface area contributed by atoms with E-state index in [1.54, 1.807) is 0 Å². The van der Waals surface area contributed by atoms with Crippen LogP contribution in [0.2, 0.25) is 0 Å². The van der Waals surface area contributed by atoms with Gasteiger partial charge in [0.15, 0.2) is 0 Å². The van der Waals surface area contributed by atoms with Crippen LogP contribution in [0.5, 0.6) is 0 Å². The van der Waals surface area contributed by atoms with Crippen molar-refractivity contribution in [2.75, 3.05) is 26.4 Å². The monoisotopic (exact) mass is 228 g/mol. The van der Waals surface area contributed by atoms with E-state index in [0.717, 1.165) is 5.56 Å². The minimum Gasteiger partial charge on any atom is -0.394 e. The number of aliphatic hydroxyl groups is 1. The molecule has 5 nitrogen and oxygen atoms in total. The van der Waals surface area contributed by atoms with Gasteiger partial charge in [0.2, 0.25) is 0 Å². The van der Waals surface area contributed by atoms with Gasteiger partial charge in [-0.3, -0.25) is 0 Å². The minimum atomic E-state index is -0.0641. The molecule has 0 bridgehead atoms. The van der Waals surface area contributed by atoms with Crippen molar-refractivity contribution < 1.29 is 24.7 Å². The maximum atomic E-state index is 8.37. The molecule has 1 rings (SSSR count). The molecule has 90 valence electrons. The second-order valence-electron chi connectivity index (χ2n) is 2.94. The fourth-order valence-corrected chi connectivity index (χ4v) is 0.966. The van der Waals surface area contributed by atoms with Gasteiger partial charge < -0.3 is 5.11 Å². The second-order valence-corrected chi connectivity index (χ2v) is 2.94. The Morgan fingerprint density at radius 1 is 0.812 bits per heavy atom. The smallest absolute Gasteiger partial charge is 0.109 e. The molecule has 0 aliphatic rings. The molecule has 0 heterocycles. The maximum Gasteiger partial charge on any atom is 0.109 e. The quantitative estimate of drug-likeness (QED) is 0.389. The van der Waals surface area contributed by atoms with Crippen LogP contribution in [0.1, 0.15) is 5.56 Å². The van der Waals surface area contributed by atoms with Gasteiger partial charge in [-0.1, -0.05) is 30.3 Å². The first-order chi connectivity index (χ1) is 7.93. The molecule has 0 aromatic heterocycles. The third kappa shape index (κ3) is 6.49. The highest BCUT2D eigenvalue weighted by Gasteiger charge is 1.93. The predicted molar refractivity (Wildman–Crippen MR) is 56.2 cm³/mol. The van der Waals surface area contributed by atoms with Crippen LogP contribution >= 0.6 is 0 Å². The summed E-state index contributed by atoms with van der Waals surface area (Å²) in [6, 6.07) is 9.71. The Hall–Kier alpha value is -0.980. The Labute approximate surface area is 94.4 Å². The first-order valence-corrected chi connectivity index (χ1v) is 5.07. The van der Waals surface area contributed by atoms with Gasteiger partial charge in [-0.2, -0.15) is 0 Å². The lowest BCUT2D eigenvalue weighted by Crippen LogP contribution is -2.07. The van der Waals surface area contributed by atoms with Gasteiger partial charge in [-0.05, 0) is 5.56 Å². The van der Waals surface area contributed by atoms with E-state index in [2.05, 4.69) is 9.78 Å². The standard InChI is InChI=1S/C11H16O5/c12-6-7-13-14-8-9-15-16-10-11-4-2-1-3-5-11/h1-5,12H,6-10H2. The number of rotatable bonds is 9. The Bertz CT molecular complexity index is 252. The fourth-order valence-electron chi connectivity index (χ4n) is 0.966. The van der Waals surface area contributed by atoms with E-state index < -0.39 is 0 Å². The van der Waals surface area contributed by atoms with Crippen molar-refractivity contribution in [3.63, 3.8) is 0 Å². The molecule has 0 saturated carbocycles. The highest BCUT2D eigenvalue weighted by Crippen LogP contribution is 2.00. The van der Waals surface area contributed by atoms with Gasteiger partial charge in [0.05, 0.1) is 6.61 Å². The maximum absolute atomic E-state index is 8.37. The highest BCUT2D eigenvalue weighted by atomic mass is 17.2. The number of benzene rings is 1. The molecule has 0 amide bonds. The van der Waals surface area contributed by atoms with Gasteiger partial charge in [0.25, 0.3) is 0 Å². The first kappa shape index (κ1) is 13.1. The van der Waals surface area contributed by atoms with Crippen molar-refractivity contribution >= 4 is 0 Å². The number of hydrogen-bond donors (Lipinski definition) is 1. The first-order valence-electron chi connectivity index (χ1n) is 5.07. The van der Waals surface area contributed by atoms with E-state index in [-0.39, 0.29) is 26.4 Å². The van der Waals surface area contributed by atoms with E-state index in [4.69, 9.17) is 14.9 Å². The Morgan fingerprint density at radius 3 is 2.12 bits per heavy atom. The second kappa shape index (κ2) is 9.26. The van der Waals surface area contributed by atoms with E-state index >= 15 is 0 Å². The van der Waals surface area contributed by atoms with Crippen LogP contribution < -0.4 is 0 Å². The molecule has 0 spiro atoms. The normalized spacial score (nSPS) is 10.6. The molecule has 1 aromatic rings. The number of hydrogen-bond acceptors (Lipinski definition) is 5. The molecule has 0 aliphatic carbocycles. The van der Waals surface area contributed by atoms with Gasteiger partial charge in [-0.15, -0.1) is 0 Å². The van der Waals surface area contributed by atoms with Crippen LogP contribution in [0.4, 0.5) is 0 Å². The third-order valence-electron chi connectivity index (χ3n) is 1.66. The molecule has 0 aliphatic heterocycles. The van der Waals surface area contributed by atoms with Gasteiger partial charge in [0, 0.05) is 0 Å². The molecular weight excluding hydrogens is 212 g/mol. The van der Waals surface area contributed by atoms with Crippen molar-refractivity contribution in [3.05, 3.63) is 35.9 Å². The molecule has 5 heteroatoms. The van der Waals surface area contributed by atoms with Crippen LogP contribution in [0, 0.1) is 0 Å². The number of aliphatic hydroxyl groups excluding tert-OH is 1. The van der Waals surface area contributed by atoms with Crippen LogP contribution in [-0.4, -0.2) is 31.5 Å². The predicted octanol–water partition coefficient (Wildman–Crippen LogP) is 1.08. The molecule has 1 N–H and O–H groups in total. The van der Waals surface area contributed by atoms with Crippen LogP contribution in [-0.2, 0) is 26.2 Å². The molecule has 0 saturated heterocycles. The summed E-state index contributed by atoms with van der Waals surface area (Å²) in [6.07, 6.45) is 0. The summed E-state index contributed by atoms with van der Waals surface area (Å²) in [5, 5.41) is 8.37. The molecule has 0 radical (unpaired) electrons. The molecular formula is C11H16O5. The summed E-state index contributed by atoms with van der Waals surface area (Å²) in [7, 11) is 0. The lowest BCUT2D eigenvalue weighted by Gasteiger charge is -2.04. The van der Waals surface area contributed by atoms with E-state index in [9.17, 15) is 0 Å². The summed E-state index contributed by atoms with van der Waals surface area (Å²) in [5.41, 5.74) is 1.04. The highest BCUT2D eigenvalue weighted by molar-refractivity contribution is 5.13. The van der Waals surface area contributed by atoms with E-state index in [0.29, 0.717) is 6.61 Å². The zero-order chi connectivity index (χ0) is 11.5. The van der Waals surface area contributed by atoms with Crippen molar-refractivity contribution in [2.45, 2.75) is 6.61 Å². The third-order valence-corrected chi connectivity index (χ3v) is 1.66. The van der Waals surface area contributed by atoms with Gasteiger partial charge in [0.1, 0.15) is 26.4 Å². The van der Waals surface area contributed by atoms with E-state index in [1.807, 2.05) is 30.3 Å². The van der Waals surface area contributed by atoms with Crippen molar-refractivity contribution in [1.82, 2.24) is 0 Å². The van der Waals surface area contributed by atoms with Gasteiger partial charge >= 0.3 is 0 Å². The van der Waals surface area contributed by atoms with Crippen molar-refractivity contribution in [1.29, 1.82) is 0 Å². The summed E-state index contributed by atoms with van der Waals surface area (Å²) in [4.78, 5) is 19.0. The molecule has 0 fully saturated rings. The van der Waals surface area contributed by atoms with Crippen molar-refractivity contribution in [3.8, 4) is 0 Å². The minimum absolute atomic E-state index is 0.0641. The molecule has 1 aromatic carbocycles. The Balaban J connectivity index is 1.89. The fraction of sp³-hybridized carbons (Fsp3) is 0.455. The summed E-state index contributed by atoms with van der Waals surface area (Å²) in [5.74, 6) is 0. The topological polar surface area (TPSA) is 57.2 Å². The Kier molecular flexibility index (Phi) is 7.57. The summed E-state index contributed by atoms with van der Waals surface area (Å²) < 4.78 is 0. The molecule has 0 unspecified atom stereocenters. The average Bonchev–Trinajstić information content (AvgIpc) is 2.34. The largest absolute Gasteiger partial charge is 0.394 e. The van der Waals surface area contributed by atoms with Crippen LogP contribution in [0.3, 0.4) is 0 Å². The van der Waals surface area contributed by atoms with Gasteiger partial charge in [-0.25, -0.2) is 19.6 Å². The zero-order valence-electron chi connectivity index (χ0n) is 9.00. The van der Waals surface area contributed by atoms with E-state index in [1.165, 1.54) is 0 Å². The summed E-state index contributed by atoms with van der Waals surface area (Å²) >= 11 is 0. The molecule has 16 heavy (non-hydrogen) atoms. The summed E-state index contributed by atoms with van der Waals surface area (Å²) in [6.45, 7) is 1.03. The SMILES string of the molecule is OCCOOCCOOCc1ccccc1. The Morgan fingerprint density at radius 2 is 1.44 bits per heavy atom. The molecule has 0 atom stereocenters. The average molecular weight is 228 g/mol. The lowest BCUT2D eigenvalue weighted by molar-refractivity contribution is -0.346.